The molecule has 1 fully saturated rings. The molecule has 0 aliphatic carbocycles. The normalized spacial score (nSPS) is 24.0. The Morgan fingerprint density at radius 3 is 1.56 bits per heavy atom. The molecule has 25 nitrogen and oxygen atoms in total. The number of unbranched alkanes of at least 4 members (excludes halogenated alkanes) is 4. The molecule has 12 atom stereocenters. The molecule has 0 bridgehead atoms. The number of hydrogen-bond donors (Lipinski definition) is 13. The van der Waals surface area contributed by atoms with Crippen LogP contribution in [0.2, 0.25) is 0 Å². The zero-order chi connectivity index (χ0) is 60.3. The van der Waals surface area contributed by atoms with Crippen LogP contribution in [0.5, 0.6) is 0 Å². The molecule has 1 saturated heterocycles. The number of rotatable bonds is 27. The monoisotopic (exact) mass is 1130 g/mol. The number of carbonyl (C=O) groups excluding carboxylic acids is 10. The average molecular weight is 1130 g/mol. The fourth-order valence-corrected chi connectivity index (χ4v) is 8.61. The topological polar surface area (TPSA) is 386 Å². The number of aliphatic hydroxyl groups excluding tert-OH is 3. The zero-order valence-corrected chi connectivity index (χ0v) is 48.5. The second-order valence-electron chi connectivity index (χ2n) is 22.4. The smallest absolute Gasteiger partial charge is 0.329 e. The van der Waals surface area contributed by atoms with Gasteiger partial charge in [-0.15, -0.1) is 0 Å². The van der Waals surface area contributed by atoms with Gasteiger partial charge >= 0.3 is 11.9 Å². The molecule has 1 aliphatic rings. The third kappa shape index (κ3) is 26.3. The summed E-state index contributed by atoms with van der Waals surface area (Å²) in [5.74, 6) is -13.4. The van der Waals surface area contributed by atoms with E-state index in [9.17, 15) is 73.2 Å². The molecule has 9 amide bonds. The number of amides is 9. The fourth-order valence-electron chi connectivity index (χ4n) is 8.61. The van der Waals surface area contributed by atoms with Gasteiger partial charge in [0, 0.05) is 6.42 Å². The van der Waals surface area contributed by atoms with E-state index in [-0.39, 0.29) is 49.9 Å². The van der Waals surface area contributed by atoms with Crippen molar-refractivity contribution in [2.75, 3.05) is 13.2 Å². The lowest BCUT2D eigenvalue weighted by Gasteiger charge is -2.32. The summed E-state index contributed by atoms with van der Waals surface area (Å²) >= 11 is 0. The van der Waals surface area contributed by atoms with Crippen LogP contribution in [0.25, 0.3) is 0 Å². The van der Waals surface area contributed by atoms with E-state index in [1.807, 2.05) is 0 Å². The van der Waals surface area contributed by atoms with Crippen molar-refractivity contribution in [3.05, 3.63) is 0 Å². The summed E-state index contributed by atoms with van der Waals surface area (Å²) in [6.07, 6.45) is 1.05. The molecular weight excluding hydrogens is 1030 g/mol. The van der Waals surface area contributed by atoms with Crippen molar-refractivity contribution in [3.63, 3.8) is 0 Å². The largest absolute Gasteiger partial charge is 0.481 e. The molecule has 0 unspecified atom stereocenters. The molecule has 452 valence electrons. The lowest BCUT2D eigenvalue weighted by molar-refractivity contribution is -0.158. The van der Waals surface area contributed by atoms with Crippen molar-refractivity contribution in [2.24, 2.45) is 29.6 Å². The molecule has 0 radical (unpaired) electrons. The minimum atomic E-state index is -1.95. The van der Waals surface area contributed by atoms with Crippen LogP contribution >= 0.6 is 0 Å². The predicted molar refractivity (Wildman–Crippen MR) is 291 cm³/mol. The van der Waals surface area contributed by atoms with Gasteiger partial charge in [-0.25, -0.2) is 4.79 Å². The first-order chi connectivity index (χ1) is 37.0. The third-order valence-electron chi connectivity index (χ3n) is 13.4. The summed E-state index contributed by atoms with van der Waals surface area (Å²) < 4.78 is 5.82. The molecule has 1 rings (SSSR count). The molecule has 25 heteroatoms. The van der Waals surface area contributed by atoms with Gasteiger partial charge in [-0.3, -0.25) is 47.9 Å². The Labute approximate surface area is 465 Å². The zero-order valence-electron chi connectivity index (χ0n) is 48.5. The second kappa shape index (κ2) is 36.3. The van der Waals surface area contributed by atoms with E-state index in [0.29, 0.717) is 12.8 Å². The number of nitrogens with one attached hydrogen (secondary N) is 9. The van der Waals surface area contributed by atoms with Crippen molar-refractivity contribution in [1.82, 2.24) is 47.9 Å². The van der Waals surface area contributed by atoms with E-state index in [1.165, 1.54) is 6.92 Å². The number of carboxylic acids is 1. The van der Waals surface area contributed by atoms with Gasteiger partial charge in [0.25, 0.3) is 0 Å². The number of ether oxygens (including phenoxy) is 1. The van der Waals surface area contributed by atoms with Crippen LogP contribution < -0.4 is 47.9 Å². The van der Waals surface area contributed by atoms with Gasteiger partial charge in [0.15, 0.2) is 0 Å². The summed E-state index contributed by atoms with van der Waals surface area (Å²) in [6.45, 7) is 18.2. The Bertz CT molecular complexity index is 2020. The van der Waals surface area contributed by atoms with Crippen molar-refractivity contribution in [3.8, 4) is 0 Å². The van der Waals surface area contributed by atoms with Gasteiger partial charge in [0.2, 0.25) is 53.2 Å². The lowest BCUT2D eigenvalue weighted by atomic mass is 9.98. The van der Waals surface area contributed by atoms with Crippen LogP contribution in [-0.4, -0.2) is 165 Å². The molecule has 13 N–H and O–H groups in total. The number of carboxylic acid groups (broad SMARTS) is 1. The maximum atomic E-state index is 14.7. The quantitative estimate of drug-likeness (QED) is 0.0383. The molecule has 79 heavy (non-hydrogen) atoms. The van der Waals surface area contributed by atoms with Gasteiger partial charge in [0.1, 0.15) is 60.5 Å². The number of aliphatic hydroxyl groups is 3. The number of aliphatic carboxylic acids is 1. The van der Waals surface area contributed by atoms with Gasteiger partial charge < -0.3 is 73.0 Å². The summed E-state index contributed by atoms with van der Waals surface area (Å²) in [7, 11) is 0. The lowest BCUT2D eigenvalue weighted by Crippen LogP contribution is -2.64. The Morgan fingerprint density at radius 2 is 1.08 bits per heavy atom. The van der Waals surface area contributed by atoms with E-state index in [1.54, 1.807) is 69.2 Å². The van der Waals surface area contributed by atoms with E-state index in [4.69, 9.17) is 4.74 Å². The highest BCUT2D eigenvalue weighted by atomic mass is 16.5. The Kier molecular flexibility index (Phi) is 32.7. The van der Waals surface area contributed by atoms with Crippen LogP contribution in [0.15, 0.2) is 0 Å². The molecule has 0 aromatic rings. The van der Waals surface area contributed by atoms with Crippen LogP contribution in [0.4, 0.5) is 0 Å². The Balaban J connectivity index is 3.99. The van der Waals surface area contributed by atoms with Crippen molar-refractivity contribution < 1.29 is 77.9 Å². The van der Waals surface area contributed by atoms with Gasteiger partial charge in [-0.1, -0.05) is 115 Å². The Hall–Kier alpha value is -5.95. The minimum absolute atomic E-state index is 0.0100. The third-order valence-corrected chi connectivity index (χ3v) is 13.4. The minimum Gasteiger partial charge on any atom is -0.481 e. The maximum Gasteiger partial charge on any atom is 0.329 e. The molecule has 0 aromatic carbocycles. The van der Waals surface area contributed by atoms with Crippen LogP contribution in [0, 0.1) is 29.6 Å². The molecular formula is C54H95N9O16. The standard InChI is InChI=1S/C54H95N9O16/c1-13-15-16-17-18-19-34(66)25-41(67)55-36(22-28(3)4)47(71)56-35(20-21-42(68)69)46(70)63-45-33(12)79-54(78)44(32(11)14-2)62-51(75)40(27-65)60-48(72)37(23-29(5)6)57-50(74)39(26-64)59-49(73)38(24-30(7)8)58-52(76)43(31(9)10)61-53(45)77/h28-40,43-45,64-66H,13-27H2,1-12H3,(H,55,67)(H,56,71)(H,57,74)(H,58,76)(H,59,73)(H,60,72)(H,61,77)(H,62,75)(H,63,70)(H,68,69)/t32-,33+,34+,35+,36-,37-,38+,39+,40+,43+,44-,45+/m0/s1. The van der Waals surface area contributed by atoms with E-state index >= 15 is 0 Å². The summed E-state index contributed by atoms with van der Waals surface area (Å²) in [5.41, 5.74) is 0. The van der Waals surface area contributed by atoms with E-state index in [2.05, 4.69) is 54.8 Å². The highest BCUT2D eigenvalue weighted by Crippen LogP contribution is 2.17. The number of carbonyl (C=O) groups is 11. The number of hydrogen-bond acceptors (Lipinski definition) is 15. The molecule has 1 heterocycles. The van der Waals surface area contributed by atoms with E-state index < -0.39 is 170 Å². The van der Waals surface area contributed by atoms with Crippen molar-refractivity contribution >= 4 is 65.1 Å². The van der Waals surface area contributed by atoms with Crippen LogP contribution in [0.3, 0.4) is 0 Å². The van der Waals surface area contributed by atoms with Gasteiger partial charge in [0.05, 0.1) is 25.7 Å². The summed E-state index contributed by atoms with van der Waals surface area (Å²) in [6, 6.07) is -14.1. The van der Waals surface area contributed by atoms with Gasteiger partial charge in [-0.2, -0.15) is 0 Å². The highest BCUT2D eigenvalue weighted by Gasteiger charge is 2.40. The number of esters is 1. The SMILES string of the molecule is CCCCCCC[C@@H](O)CC(=O)N[C@@H](CC(C)C)C(=O)N[C@H](CCC(=O)O)C(=O)N[C@H]1C(=O)N[C@H](C(C)C)C(=O)N[C@H](CC(C)C)C(=O)N[C@H](CO)C(=O)N[C@@H](CC(C)C)C(=O)N[C@H](CO)C(=O)N[C@@H]([C@@H](C)CC)C(=O)O[C@@H]1C. The highest BCUT2D eigenvalue weighted by molar-refractivity contribution is 5.99. The average Bonchev–Trinajstić information content (AvgIpc) is 3.36. The first kappa shape index (κ1) is 71.1. The van der Waals surface area contributed by atoms with Gasteiger partial charge in [-0.05, 0) is 68.6 Å². The Morgan fingerprint density at radius 1 is 0.582 bits per heavy atom. The van der Waals surface area contributed by atoms with Crippen molar-refractivity contribution in [2.45, 2.75) is 233 Å². The molecule has 0 saturated carbocycles. The molecule has 1 aliphatic heterocycles. The molecule has 0 aromatic heterocycles. The molecule has 0 spiro atoms. The van der Waals surface area contributed by atoms with Crippen LogP contribution in [0.1, 0.15) is 167 Å². The van der Waals surface area contributed by atoms with Crippen LogP contribution in [-0.2, 0) is 57.5 Å². The first-order valence-corrected chi connectivity index (χ1v) is 28.0. The number of cyclic esters (lactones) is 1. The fraction of sp³-hybridized carbons (Fsp3) is 0.796. The predicted octanol–water partition coefficient (Wildman–Crippen LogP) is 0.0962. The summed E-state index contributed by atoms with van der Waals surface area (Å²) in [5, 5.41) is 63.5. The first-order valence-electron chi connectivity index (χ1n) is 28.0. The second-order valence-corrected chi connectivity index (χ2v) is 22.4. The van der Waals surface area contributed by atoms with Crippen molar-refractivity contribution in [1.29, 1.82) is 0 Å². The summed E-state index contributed by atoms with van der Waals surface area (Å²) in [4.78, 5) is 152. The van der Waals surface area contributed by atoms with E-state index in [0.717, 1.165) is 25.7 Å². The maximum absolute atomic E-state index is 14.7.